The van der Waals surface area contributed by atoms with E-state index in [-0.39, 0.29) is 18.4 Å². The van der Waals surface area contributed by atoms with E-state index < -0.39 is 6.03 Å². The van der Waals surface area contributed by atoms with Crippen LogP contribution in [0.1, 0.15) is 15.2 Å². The second kappa shape index (κ2) is 9.33. The van der Waals surface area contributed by atoms with Crippen molar-refractivity contribution in [3.8, 4) is 0 Å². The molecule has 0 bridgehead atoms. The van der Waals surface area contributed by atoms with Crippen LogP contribution in [0, 0.1) is 0 Å². The molecule has 8 nitrogen and oxygen atoms in total. The molecule has 0 saturated carbocycles. The lowest BCUT2D eigenvalue weighted by Crippen LogP contribution is -2.52. The Morgan fingerprint density at radius 3 is 2.63 bits per heavy atom. The van der Waals surface area contributed by atoms with Crippen LogP contribution in [0.15, 0.2) is 40.5 Å². The van der Waals surface area contributed by atoms with Crippen LogP contribution in [0.3, 0.4) is 0 Å². The molecule has 0 spiro atoms. The van der Waals surface area contributed by atoms with Gasteiger partial charge in [-0.3, -0.25) is 19.8 Å². The zero-order valence-electron chi connectivity index (χ0n) is 14.8. The van der Waals surface area contributed by atoms with Gasteiger partial charge in [-0.2, -0.15) is 0 Å². The molecule has 4 amide bonds. The van der Waals surface area contributed by atoms with E-state index in [1.807, 2.05) is 22.4 Å². The van der Waals surface area contributed by atoms with Crippen LogP contribution < -0.4 is 10.6 Å². The summed E-state index contributed by atoms with van der Waals surface area (Å²) in [6, 6.07) is 5.13. The fourth-order valence-corrected chi connectivity index (χ4v) is 3.55. The molecule has 0 aliphatic carbocycles. The van der Waals surface area contributed by atoms with Gasteiger partial charge in [-0.05, 0) is 23.9 Å². The van der Waals surface area contributed by atoms with E-state index in [0.717, 1.165) is 6.42 Å². The molecule has 0 unspecified atom stereocenters. The van der Waals surface area contributed by atoms with E-state index in [4.69, 9.17) is 4.42 Å². The molecule has 1 saturated heterocycles. The van der Waals surface area contributed by atoms with Crippen molar-refractivity contribution in [3.05, 3.63) is 46.5 Å². The van der Waals surface area contributed by atoms with Crippen LogP contribution in [0.25, 0.3) is 0 Å². The number of urea groups is 1. The predicted octanol–water partition coefficient (Wildman–Crippen LogP) is 1.17. The molecule has 1 aliphatic heterocycles. The van der Waals surface area contributed by atoms with Crippen molar-refractivity contribution in [1.29, 1.82) is 0 Å². The highest BCUT2D eigenvalue weighted by Gasteiger charge is 2.24. The van der Waals surface area contributed by atoms with E-state index in [9.17, 15) is 14.4 Å². The van der Waals surface area contributed by atoms with Crippen molar-refractivity contribution in [2.24, 2.45) is 0 Å². The van der Waals surface area contributed by atoms with Gasteiger partial charge in [0, 0.05) is 37.6 Å². The third-order valence-electron chi connectivity index (χ3n) is 4.28. The van der Waals surface area contributed by atoms with E-state index >= 15 is 0 Å². The van der Waals surface area contributed by atoms with Gasteiger partial charge in [-0.15, -0.1) is 11.3 Å². The Kier molecular flexibility index (Phi) is 6.61. The summed E-state index contributed by atoms with van der Waals surface area (Å²) in [6.07, 6.45) is 3.64. The third kappa shape index (κ3) is 5.66. The summed E-state index contributed by atoms with van der Waals surface area (Å²) in [7, 11) is 0. The highest BCUT2D eigenvalue weighted by atomic mass is 32.1. The molecule has 2 N–H and O–H groups in total. The standard InChI is InChI=1S/C18H22N4O4S/c23-16(20-18(25)19-5-3-15-2-1-11-27-15)12-21-6-8-22(9-7-21)17(24)14-4-10-26-13-14/h1-2,4,10-11,13H,3,5-9,12H2,(H2,19,20,23,25). The normalized spacial score (nSPS) is 14.7. The Bertz CT molecular complexity index is 752. The molecule has 3 heterocycles. The lowest BCUT2D eigenvalue weighted by Gasteiger charge is -2.34. The topological polar surface area (TPSA) is 94.9 Å². The molecular formula is C18H22N4O4S. The summed E-state index contributed by atoms with van der Waals surface area (Å²) in [5.74, 6) is -0.420. The summed E-state index contributed by atoms with van der Waals surface area (Å²) < 4.78 is 4.94. The van der Waals surface area contributed by atoms with Gasteiger partial charge in [0.25, 0.3) is 5.91 Å². The van der Waals surface area contributed by atoms with Gasteiger partial charge in [0.2, 0.25) is 5.91 Å². The van der Waals surface area contributed by atoms with Gasteiger partial charge in [0.05, 0.1) is 18.4 Å². The number of imide groups is 1. The number of carbonyl (C=O) groups excluding carboxylic acids is 3. The lowest BCUT2D eigenvalue weighted by atomic mass is 10.2. The number of carbonyl (C=O) groups is 3. The second-order valence-electron chi connectivity index (χ2n) is 6.21. The maximum absolute atomic E-state index is 12.2. The first-order chi connectivity index (χ1) is 13.1. The average Bonchev–Trinajstić information content (AvgIpc) is 3.35. The van der Waals surface area contributed by atoms with E-state index in [1.165, 1.54) is 17.4 Å². The van der Waals surface area contributed by atoms with Crippen molar-refractivity contribution in [1.82, 2.24) is 20.4 Å². The van der Waals surface area contributed by atoms with Crippen LogP contribution >= 0.6 is 11.3 Å². The van der Waals surface area contributed by atoms with Crippen molar-refractivity contribution in [2.45, 2.75) is 6.42 Å². The first-order valence-corrected chi connectivity index (χ1v) is 9.63. The maximum Gasteiger partial charge on any atom is 0.321 e. The summed E-state index contributed by atoms with van der Waals surface area (Å²) >= 11 is 1.63. The van der Waals surface area contributed by atoms with Gasteiger partial charge in [0.15, 0.2) is 0 Å². The summed E-state index contributed by atoms with van der Waals surface area (Å²) in [5, 5.41) is 7.01. The molecule has 0 radical (unpaired) electrons. The number of piperazine rings is 1. The molecule has 2 aromatic rings. The van der Waals surface area contributed by atoms with Crippen LogP contribution in [0.5, 0.6) is 0 Å². The zero-order valence-corrected chi connectivity index (χ0v) is 15.7. The quantitative estimate of drug-likeness (QED) is 0.772. The van der Waals surface area contributed by atoms with Gasteiger partial charge in [-0.25, -0.2) is 4.79 Å². The first kappa shape index (κ1) is 19.1. The number of hydrogen-bond acceptors (Lipinski definition) is 6. The van der Waals surface area contributed by atoms with Crippen LogP contribution in [0.2, 0.25) is 0 Å². The SMILES string of the molecule is O=C(CN1CCN(C(=O)c2ccoc2)CC1)NC(=O)NCCc1cccs1. The fraction of sp³-hybridized carbons (Fsp3) is 0.389. The van der Waals surface area contributed by atoms with Crippen molar-refractivity contribution in [3.63, 3.8) is 0 Å². The van der Waals surface area contributed by atoms with E-state index in [2.05, 4.69) is 10.6 Å². The third-order valence-corrected chi connectivity index (χ3v) is 5.22. The minimum atomic E-state index is -0.481. The Balaban J connectivity index is 1.33. The molecule has 1 aliphatic rings. The minimum Gasteiger partial charge on any atom is -0.472 e. The Morgan fingerprint density at radius 2 is 1.96 bits per heavy atom. The van der Waals surface area contributed by atoms with Gasteiger partial charge < -0.3 is 14.6 Å². The number of thiophene rings is 1. The highest BCUT2D eigenvalue weighted by Crippen LogP contribution is 2.09. The van der Waals surface area contributed by atoms with Crippen LogP contribution in [-0.4, -0.2) is 66.9 Å². The highest BCUT2D eigenvalue weighted by molar-refractivity contribution is 7.09. The molecule has 9 heteroatoms. The summed E-state index contributed by atoms with van der Waals surface area (Å²) in [5.41, 5.74) is 0.528. The molecule has 1 fully saturated rings. The molecule has 0 aromatic carbocycles. The number of nitrogens with one attached hydrogen (secondary N) is 2. The second-order valence-corrected chi connectivity index (χ2v) is 7.25. The van der Waals surface area contributed by atoms with Gasteiger partial charge in [-0.1, -0.05) is 6.07 Å². The lowest BCUT2D eigenvalue weighted by molar-refractivity contribution is -0.121. The first-order valence-electron chi connectivity index (χ1n) is 8.76. The molecule has 3 rings (SSSR count). The van der Waals surface area contributed by atoms with Crippen LogP contribution in [-0.2, 0) is 11.2 Å². The minimum absolute atomic E-state index is 0.0713. The number of furan rings is 1. The summed E-state index contributed by atoms with van der Waals surface area (Å²) in [4.78, 5) is 40.9. The monoisotopic (exact) mass is 390 g/mol. The smallest absolute Gasteiger partial charge is 0.321 e. The zero-order chi connectivity index (χ0) is 19.1. The Hall–Kier alpha value is -2.65. The van der Waals surface area contributed by atoms with Crippen LogP contribution in [0.4, 0.5) is 4.79 Å². The largest absolute Gasteiger partial charge is 0.472 e. The number of rotatable bonds is 6. The van der Waals surface area contributed by atoms with Crippen molar-refractivity contribution in [2.75, 3.05) is 39.3 Å². The van der Waals surface area contributed by atoms with Crippen molar-refractivity contribution < 1.29 is 18.8 Å². The Labute approximate surface area is 161 Å². The molecule has 2 aromatic heterocycles. The number of hydrogen-bond donors (Lipinski definition) is 2. The molecule has 27 heavy (non-hydrogen) atoms. The Morgan fingerprint density at radius 1 is 1.15 bits per heavy atom. The van der Waals surface area contributed by atoms with Crippen molar-refractivity contribution >= 4 is 29.2 Å². The van der Waals surface area contributed by atoms with Gasteiger partial charge >= 0.3 is 6.03 Å². The predicted molar refractivity (Wildman–Crippen MR) is 101 cm³/mol. The maximum atomic E-state index is 12.2. The molecule has 144 valence electrons. The molecular weight excluding hydrogens is 368 g/mol. The van der Waals surface area contributed by atoms with E-state index in [0.29, 0.717) is 38.3 Å². The molecule has 0 atom stereocenters. The fourth-order valence-electron chi connectivity index (χ4n) is 2.85. The van der Waals surface area contributed by atoms with Gasteiger partial charge in [0.1, 0.15) is 6.26 Å². The average molecular weight is 390 g/mol. The number of nitrogens with zero attached hydrogens (tertiary/aromatic N) is 2. The number of amides is 4. The van der Waals surface area contributed by atoms with E-state index in [1.54, 1.807) is 22.3 Å². The summed E-state index contributed by atoms with van der Waals surface area (Å²) in [6.45, 7) is 2.84.